The SMILES string of the molecule is CCCCOc1cccc(NCCC)n1. The smallest absolute Gasteiger partial charge is 0.215 e. The van der Waals surface area contributed by atoms with Crippen LogP contribution in [0.1, 0.15) is 33.1 Å². The van der Waals surface area contributed by atoms with E-state index >= 15 is 0 Å². The van der Waals surface area contributed by atoms with Crippen molar-refractivity contribution in [2.24, 2.45) is 0 Å². The van der Waals surface area contributed by atoms with Gasteiger partial charge in [-0.3, -0.25) is 0 Å². The predicted molar refractivity (Wildman–Crippen MR) is 63.4 cm³/mol. The molecule has 0 spiro atoms. The lowest BCUT2D eigenvalue weighted by Crippen LogP contribution is -2.04. The lowest BCUT2D eigenvalue weighted by molar-refractivity contribution is 0.298. The Kier molecular flexibility index (Phi) is 5.59. The van der Waals surface area contributed by atoms with E-state index in [0.29, 0.717) is 5.88 Å². The number of nitrogens with one attached hydrogen (secondary N) is 1. The largest absolute Gasteiger partial charge is 0.478 e. The van der Waals surface area contributed by atoms with Crippen LogP contribution in [0.25, 0.3) is 0 Å². The second kappa shape index (κ2) is 7.10. The normalized spacial score (nSPS) is 10.0. The highest BCUT2D eigenvalue weighted by molar-refractivity contribution is 5.36. The van der Waals surface area contributed by atoms with Gasteiger partial charge in [0.05, 0.1) is 6.61 Å². The van der Waals surface area contributed by atoms with E-state index in [-0.39, 0.29) is 0 Å². The summed E-state index contributed by atoms with van der Waals surface area (Å²) in [4.78, 5) is 4.35. The number of hydrogen-bond acceptors (Lipinski definition) is 3. The Morgan fingerprint density at radius 2 is 2.13 bits per heavy atom. The molecule has 1 N–H and O–H groups in total. The Hall–Kier alpha value is -1.25. The van der Waals surface area contributed by atoms with Gasteiger partial charge in [-0.1, -0.05) is 26.3 Å². The highest BCUT2D eigenvalue weighted by Gasteiger charge is 1.97. The molecule has 1 aromatic rings. The van der Waals surface area contributed by atoms with Gasteiger partial charge in [0.15, 0.2) is 0 Å². The number of unbranched alkanes of at least 4 members (excludes halogenated alkanes) is 1. The minimum absolute atomic E-state index is 0.713. The molecule has 0 aliphatic heterocycles. The molecule has 1 heterocycles. The molecule has 3 heteroatoms. The third-order valence-electron chi connectivity index (χ3n) is 2.03. The summed E-state index contributed by atoms with van der Waals surface area (Å²) >= 11 is 0. The zero-order valence-corrected chi connectivity index (χ0v) is 9.62. The molecule has 84 valence electrons. The summed E-state index contributed by atoms with van der Waals surface area (Å²) in [6.45, 7) is 5.98. The Morgan fingerprint density at radius 1 is 1.27 bits per heavy atom. The maximum Gasteiger partial charge on any atom is 0.215 e. The standard InChI is InChI=1S/C12H20N2O/c1-3-5-10-15-12-8-6-7-11(14-12)13-9-4-2/h6-8H,3-5,9-10H2,1-2H3,(H,13,14). The molecule has 0 fully saturated rings. The van der Waals surface area contributed by atoms with E-state index in [0.717, 1.165) is 38.2 Å². The molecular weight excluding hydrogens is 188 g/mol. The number of rotatable bonds is 7. The first-order chi connectivity index (χ1) is 7.36. The van der Waals surface area contributed by atoms with Crippen molar-refractivity contribution in [3.05, 3.63) is 18.2 Å². The summed E-state index contributed by atoms with van der Waals surface area (Å²) in [5.74, 6) is 1.61. The third-order valence-corrected chi connectivity index (χ3v) is 2.03. The van der Waals surface area contributed by atoms with Crippen LogP contribution in [0.4, 0.5) is 5.82 Å². The minimum atomic E-state index is 0.713. The summed E-state index contributed by atoms with van der Waals surface area (Å²) in [7, 11) is 0. The van der Waals surface area contributed by atoms with E-state index in [1.165, 1.54) is 0 Å². The molecular formula is C12H20N2O. The van der Waals surface area contributed by atoms with Gasteiger partial charge in [0.2, 0.25) is 5.88 Å². The molecule has 0 bridgehead atoms. The fraction of sp³-hybridized carbons (Fsp3) is 0.583. The van der Waals surface area contributed by atoms with Crippen molar-refractivity contribution in [3.8, 4) is 5.88 Å². The van der Waals surface area contributed by atoms with Crippen LogP contribution in [-0.4, -0.2) is 18.1 Å². The van der Waals surface area contributed by atoms with Gasteiger partial charge in [-0.05, 0) is 18.9 Å². The number of aromatic nitrogens is 1. The minimum Gasteiger partial charge on any atom is -0.478 e. The summed E-state index contributed by atoms with van der Waals surface area (Å²) in [5.41, 5.74) is 0. The molecule has 0 radical (unpaired) electrons. The van der Waals surface area contributed by atoms with Gasteiger partial charge in [-0.2, -0.15) is 4.98 Å². The molecule has 0 aliphatic carbocycles. The Morgan fingerprint density at radius 3 is 2.87 bits per heavy atom. The van der Waals surface area contributed by atoms with E-state index in [4.69, 9.17) is 4.74 Å². The highest BCUT2D eigenvalue weighted by Crippen LogP contribution is 2.11. The summed E-state index contributed by atoms with van der Waals surface area (Å²) < 4.78 is 5.52. The molecule has 0 atom stereocenters. The van der Waals surface area contributed by atoms with E-state index < -0.39 is 0 Å². The zero-order chi connectivity index (χ0) is 10.9. The van der Waals surface area contributed by atoms with Crippen LogP contribution in [0, 0.1) is 0 Å². The van der Waals surface area contributed by atoms with Crippen molar-refractivity contribution in [2.75, 3.05) is 18.5 Å². The van der Waals surface area contributed by atoms with E-state index in [9.17, 15) is 0 Å². The number of nitrogens with zero attached hydrogens (tertiary/aromatic N) is 1. The number of ether oxygens (including phenoxy) is 1. The first-order valence-corrected chi connectivity index (χ1v) is 5.70. The first kappa shape index (κ1) is 11.8. The monoisotopic (exact) mass is 208 g/mol. The average Bonchev–Trinajstić information content (AvgIpc) is 2.27. The lowest BCUT2D eigenvalue weighted by atomic mass is 10.4. The van der Waals surface area contributed by atoms with Crippen LogP contribution in [-0.2, 0) is 0 Å². The maximum absolute atomic E-state index is 5.52. The second-order valence-corrected chi connectivity index (χ2v) is 3.49. The maximum atomic E-state index is 5.52. The third kappa shape index (κ3) is 4.68. The van der Waals surface area contributed by atoms with Crippen molar-refractivity contribution in [3.63, 3.8) is 0 Å². The van der Waals surface area contributed by atoms with Gasteiger partial charge in [-0.15, -0.1) is 0 Å². The van der Waals surface area contributed by atoms with E-state index in [2.05, 4.69) is 24.1 Å². The molecule has 0 saturated heterocycles. The Labute approximate surface area is 91.9 Å². The topological polar surface area (TPSA) is 34.1 Å². The number of anilines is 1. The van der Waals surface area contributed by atoms with Crippen LogP contribution in [0.15, 0.2) is 18.2 Å². The fourth-order valence-electron chi connectivity index (χ4n) is 1.17. The van der Waals surface area contributed by atoms with Crippen LogP contribution in [0.5, 0.6) is 5.88 Å². The average molecular weight is 208 g/mol. The molecule has 0 amide bonds. The van der Waals surface area contributed by atoms with Gasteiger partial charge in [0, 0.05) is 12.6 Å². The van der Waals surface area contributed by atoms with Gasteiger partial charge >= 0.3 is 0 Å². The van der Waals surface area contributed by atoms with E-state index in [1.807, 2.05) is 18.2 Å². The molecule has 1 rings (SSSR count). The number of pyridine rings is 1. The van der Waals surface area contributed by atoms with Crippen molar-refractivity contribution in [1.82, 2.24) is 4.98 Å². The molecule has 0 unspecified atom stereocenters. The molecule has 1 aromatic heterocycles. The molecule has 3 nitrogen and oxygen atoms in total. The van der Waals surface area contributed by atoms with Gasteiger partial charge in [0.25, 0.3) is 0 Å². The molecule has 0 aromatic carbocycles. The van der Waals surface area contributed by atoms with Crippen LogP contribution in [0.2, 0.25) is 0 Å². The van der Waals surface area contributed by atoms with Crippen molar-refractivity contribution in [2.45, 2.75) is 33.1 Å². The highest BCUT2D eigenvalue weighted by atomic mass is 16.5. The van der Waals surface area contributed by atoms with Gasteiger partial charge in [-0.25, -0.2) is 0 Å². The van der Waals surface area contributed by atoms with Crippen LogP contribution in [0.3, 0.4) is 0 Å². The Balaban J connectivity index is 2.42. The van der Waals surface area contributed by atoms with Crippen molar-refractivity contribution in [1.29, 1.82) is 0 Å². The van der Waals surface area contributed by atoms with Crippen molar-refractivity contribution < 1.29 is 4.74 Å². The van der Waals surface area contributed by atoms with Gasteiger partial charge in [0.1, 0.15) is 5.82 Å². The van der Waals surface area contributed by atoms with Crippen molar-refractivity contribution >= 4 is 5.82 Å². The molecule has 15 heavy (non-hydrogen) atoms. The predicted octanol–water partition coefficient (Wildman–Crippen LogP) is 3.08. The van der Waals surface area contributed by atoms with Crippen LogP contribution < -0.4 is 10.1 Å². The quantitative estimate of drug-likeness (QED) is 0.699. The van der Waals surface area contributed by atoms with E-state index in [1.54, 1.807) is 0 Å². The zero-order valence-electron chi connectivity index (χ0n) is 9.62. The number of hydrogen-bond donors (Lipinski definition) is 1. The summed E-state index contributed by atoms with van der Waals surface area (Å²) in [5, 5.41) is 3.23. The second-order valence-electron chi connectivity index (χ2n) is 3.49. The molecule has 0 saturated carbocycles. The Bertz CT molecular complexity index is 276. The summed E-state index contributed by atoms with van der Waals surface area (Å²) in [6, 6.07) is 5.82. The van der Waals surface area contributed by atoms with Gasteiger partial charge < -0.3 is 10.1 Å². The fourth-order valence-corrected chi connectivity index (χ4v) is 1.17. The first-order valence-electron chi connectivity index (χ1n) is 5.70. The molecule has 0 aliphatic rings. The lowest BCUT2D eigenvalue weighted by Gasteiger charge is -2.07. The van der Waals surface area contributed by atoms with Crippen LogP contribution >= 0.6 is 0 Å². The summed E-state index contributed by atoms with van der Waals surface area (Å²) in [6.07, 6.45) is 3.32.